The van der Waals surface area contributed by atoms with Crippen LogP contribution in [0.15, 0.2) is 53.6 Å². The van der Waals surface area contributed by atoms with Crippen molar-refractivity contribution in [1.82, 2.24) is 14.9 Å². The highest BCUT2D eigenvalue weighted by molar-refractivity contribution is 7.71. The summed E-state index contributed by atoms with van der Waals surface area (Å²) in [5.41, 5.74) is 1.59. The van der Waals surface area contributed by atoms with E-state index in [1.54, 1.807) is 19.4 Å². The molecule has 0 saturated carbocycles. The van der Waals surface area contributed by atoms with E-state index in [2.05, 4.69) is 15.3 Å². The molecule has 1 N–H and O–H groups in total. The lowest BCUT2D eigenvalue weighted by molar-refractivity contribution is 0.414. The van der Waals surface area contributed by atoms with Gasteiger partial charge in [-0.15, -0.1) is 0 Å². The summed E-state index contributed by atoms with van der Waals surface area (Å²) in [6.45, 7) is 0. The quantitative estimate of drug-likeness (QED) is 0.571. The number of aromatic nitrogens is 3. The van der Waals surface area contributed by atoms with Gasteiger partial charge in [-0.25, -0.2) is 5.10 Å². The first kappa shape index (κ1) is 15.5. The Hall–Kier alpha value is -2.44. The number of hydrogen-bond acceptors (Lipinski definition) is 4. The van der Waals surface area contributed by atoms with Crippen molar-refractivity contribution in [3.05, 3.63) is 63.9 Å². The molecule has 0 aliphatic rings. The van der Waals surface area contributed by atoms with Crippen LogP contribution in [0.1, 0.15) is 5.56 Å². The van der Waals surface area contributed by atoms with Gasteiger partial charge in [0.2, 0.25) is 4.77 Å². The van der Waals surface area contributed by atoms with E-state index < -0.39 is 0 Å². The van der Waals surface area contributed by atoms with Crippen LogP contribution in [-0.4, -0.2) is 28.2 Å². The lowest BCUT2D eigenvalue weighted by atomic mass is 10.2. The second-order valence-electron chi connectivity index (χ2n) is 4.63. The Bertz CT molecular complexity index is 916. The molecule has 2 aromatic carbocycles. The molecule has 23 heavy (non-hydrogen) atoms. The summed E-state index contributed by atoms with van der Waals surface area (Å²) in [4.78, 5) is 0. The van der Waals surface area contributed by atoms with Crippen molar-refractivity contribution in [2.75, 3.05) is 7.11 Å². The fourth-order valence-electron chi connectivity index (χ4n) is 2.11. The van der Waals surface area contributed by atoms with Crippen LogP contribution in [0.4, 0.5) is 0 Å². The molecule has 0 radical (unpaired) electrons. The first-order valence-electron chi connectivity index (χ1n) is 6.80. The Balaban J connectivity index is 2.05. The summed E-state index contributed by atoms with van der Waals surface area (Å²) in [6.07, 6.45) is 1.67. The third-order valence-corrected chi connectivity index (χ3v) is 3.81. The molecule has 7 heteroatoms. The number of aromatic amines is 1. The second kappa shape index (κ2) is 6.76. The van der Waals surface area contributed by atoms with Crippen molar-refractivity contribution in [3.8, 4) is 17.1 Å². The predicted octanol–water partition coefficient (Wildman–Crippen LogP) is 4.15. The molecule has 0 amide bonds. The summed E-state index contributed by atoms with van der Waals surface area (Å²) in [5, 5.41) is 12.0. The fourth-order valence-corrected chi connectivity index (χ4v) is 2.51. The van der Waals surface area contributed by atoms with Gasteiger partial charge in [-0.1, -0.05) is 35.9 Å². The molecule has 0 atom stereocenters. The average molecular weight is 345 g/mol. The van der Waals surface area contributed by atoms with Crippen LogP contribution in [0.2, 0.25) is 5.02 Å². The third kappa shape index (κ3) is 3.18. The average Bonchev–Trinajstić information content (AvgIpc) is 2.94. The number of hydrogen-bond donors (Lipinski definition) is 1. The molecule has 0 fully saturated rings. The molecule has 0 saturated heterocycles. The minimum atomic E-state index is 0.381. The van der Waals surface area contributed by atoms with Crippen molar-refractivity contribution in [2.24, 2.45) is 5.10 Å². The Morgan fingerprint density at radius 2 is 1.96 bits per heavy atom. The van der Waals surface area contributed by atoms with Gasteiger partial charge >= 0.3 is 0 Å². The SMILES string of the molecule is COc1ccccc1/C=N/n1c(-c2ccccc2Cl)n[nH]c1=S. The summed E-state index contributed by atoms with van der Waals surface area (Å²) >= 11 is 11.5. The monoisotopic (exact) mass is 344 g/mol. The minimum Gasteiger partial charge on any atom is -0.496 e. The van der Waals surface area contributed by atoms with E-state index in [4.69, 9.17) is 28.6 Å². The number of ether oxygens (including phenoxy) is 1. The van der Waals surface area contributed by atoms with Crippen molar-refractivity contribution >= 4 is 30.0 Å². The summed E-state index contributed by atoms with van der Waals surface area (Å²) < 4.78 is 7.22. The van der Waals surface area contributed by atoms with E-state index in [0.29, 0.717) is 15.6 Å². The van der Waals surface area contributed by atoms with Crippen molar-refractivity contribution in [3.63, 3.8) is 0 Å². The number of nitrogens with zero attached hydrogens (tertiary/aromatic N) is 3. The summed E-state index contributed by atoms with van der Waals surface area (Å²) in [5.74, 6) is 1.28. The maximum Gasteiger partial charge on any atom is 0.216 e. The first-order valence-corrected chi connectivity index (χ1v) is 7.59. The number of nitrogens with one attached hydrogen (secondary N) is 1. The summed E-state index contributed by atoms with van der Waals surface area (Å²) in [7, 11) is 1.62. The molecule has 1 aromatic heterocycles. The number of para-hydroxylation sites is 1. The van der Waals surface area contributed by atoms with Crippen molar-refractivity contribution < 1.29 is 4.74 Å². The lowest BCUT2D eigenvalue weighted by Crippen LogP contribution is -1.97. The van der Waals surface area contributed by atoms with Gasteiger partial charge < -0.3 is 4.74 Å². The van der Waals surface area contributed by atoms with Crippen molar-refractivity contribution in [1.29, 1.82) is 0 Å². The van der Waals surface area contributed by atoms with Crippen molar-refractivity contribution in [2.45, 2.75) is 0 Å². The van der Waals surface area contributed by atoms with Crippen LogP contribution in [0.25, 0.3) is 11.4 Å². The number of halogens is 1. The van der Waals surface area contributed by atoms with Gasteiger partial charge in [0, 0.05) is 11.1 Å². The lowest BCUT2D eigenvalue weighted by Gasteiger charge is -2.05. The van der Waals surface area contributed by atoms with Crippen LogP contribution in [0, 0.1) is 4.77 Å². The standard InChI is InChI=1S/C16H13ClN4OS/c1-22-14-9-5-2-6-11(14)10-18-21-15(19-20-16(21)23)12-7-3-4-8-13(12)17/h2-10H,1H3,(H,20,23)/b18-10+. The zero-order chi connectivity index (χ0) is 16.2. The maximum absolute atomic E-state index is 6.23. The highest BCUT2D eigenvalue weighted by Gasteiger charge is 2.11. The molecule has 0 spiro atoms. The number of rotatable bonds is 4. The molecular weight excluding hydrogens is 332 g/mol. The Labute approximate surface area is 143 Å². The normalized spacial score (nSPS) is 11.0. The van der Waals surface area contributed by atoms with E-state index in [9.17, 15) is 0 Å². The van der Waals surface area contributed by atoms with E-state index in [1.807, 2.05) is 42.5 Å². The Kier molecular flexibility index (Phi) is 4.55. The molecule has 116 valence electrons. The molecule has 3 rings (SSSR count). The van der Waals surface area contributed by atoms with E-state index >= 15 is 0 Å². The van der Waals surface area contributed by atoms with Crippen LogP contribution in [-0.2, 0) is 0 Å². The van der Waals surface area contributed by atoms with Gasteiger partial charge in [-0.2, -0.15) is 14.9 Å². The van der Waals surface area contributed by atoms with Gasteiger partial charge in [0.05, 0.1) is 18.3 Å². The molecule has 0 unspecified atom stereocenters. The maximum atomic E-state index is 6.23. The fraction of sp³-hybridized carbons (Fsp3) is 0.0625. The highest BCUT2D eigenvalue weighted by Crippen LogP contribution is 2.26. The molecule has 0 aliphatic heterocycles. The molecule has 0 bridgehead atoms. The van der Waals surface area contributed by atoms with E-state index in [-0.39, 0.29) is 0 Å². The third-order valence-electron chi connectivity index (χ3n) is 3.22. The minimum absolute atomic E-state index is 0.381. The molecule has 0 aliphatic carbocycles. The van der Waals surface area contributed by atoms with E-state index in [1.165, 1.54) is 4.68 Å². The Morgan fingerprint density at radius 1 is 1.22 bits per heavy atom. The zero-order valence-corrected chi connectivity index (χ0v) is 13.8. The smallest absolute Gasteiger partial charge is 0.216 e. The van der Waals surface area contributed by atoms with Gasteiger partial charge in [-0.05, 0) is 36.5 Å². The van der Waals surface area contributed by atoms with Gasteiger partial charge in [0.1, 0.15) is 5.75 Å². The first-order chi connectivity index (χ1) is 11.2. The van der Waals surface area contributed by atoms with Crippen LogP contribution in [0.5, 0.6) is 5.75 Å². The summed E-state index contributed by atoms with van der Waals surface area (Å²) in [6, 6.07) is 15.0. The predicted molar refractivity (Wildman–Crippen MR) is 93.8 cm³/mol. The highest BCUT2D eigenvalue weighted by atomic mass is 35.5. The molecular formula is C16H13ClN4OS. The largest absolute Gasteiger partial charge is 0.496 e. The number of methoxy groups -OCH3 is 1. The zero-order valence-electron chi connectivity index (χ0n) is 12.2. The van der Waals surface area contributed by atoms with Gasteiger partial charge in [0.25, 0.3) is 0 Å². The van der Waals surface area contributed by atoms with Crippen LogP contribution < -0.4 is 4.74 Å². The molecule has 5 nitrogen and oxygen atoms in total. The van der Waals surface area contributed by atoms with Crippen LogP contribution in [0.3, 0.4) is 0 Å². The number of H-pyrrole nitrogens is 1. The molecule has 1 heterocycles. The van der Waals surface area contributed by atoms with Gasteiger partial charge in [0.15, 0.2) is 5.82 Å². The Morgan fingerprint density at radius 3 is 2.74 bits per heavy atom. The molecule has 3 aromatic rings. The number of benzene rings is 2. The van der Waals surface area contributed by atoms with Gasteiger partial charge in [-0.3, -0.25) is 0 Å². The second-order valence-corrected chi connectivity index (χ2v) is 5.42. The van der Waals surface area contributed by atoms with E-state index in [0.717, 1.165) is 16.9 Å². The van der Waals surface area contributed by atoms with Crippen LogP contribution >= 0.6 is 23.8 Å². The topological polar surface area (TPSA) is 55.2 Å².